The number of fused-ring (bicyclic) bond motifs is 1. The number of aromatic nitrogens is 1. The number of nitrogens with one attached hydrogen (secondary N) is 2. The van der Waals surface area contributed by atoms with Gasteiger partial charge in [-0.15, -0.1) is 0 Å². The van der Waals surface area contributed by atoms with E-state index in [-0.39, 0.29) is 18.0 Å². The van der Waals surface area contributed by atoms with E-state index in [0.29, 0.717) is 5.56 Å². The van der Waals surface area contributed by atoms with Gasteiger partial charge in [-0.3, -0.25) is 9.59 Å². The van der Waals surface area contributed by atoms with Crippen molar-refractivity contribution in [3.8, 4) is 0 Å². The molecule has 0 aliphatic heterocycles. The molecule has 1 amide bonds. The van der Waals surface area contributed by atoms with Crippen LogP contribution < -0.4 is 10.9 Å². The van der Waals surface area contributed by atoms with Crippen molar-refractivity contribution in [2.24, 2.45) is 0 Å². The van der Waals surface area contributed by atoms with Gasteiger partial charge < -0.3 is 10.3 Å². The minimum Gasteiger partial charge on any atom is -0.352 e. The maximum Gasteiger partial charge on any atom is 0.253 e. The summed E-state index contributed by atoms with van der Waals surface area (Å²) in [4.78, 5) is 25.4. The van der Waals surface area contributed by atoms with E-state index in [4.69, 9.17) is 0 Å². The fourth-order valence-corrected chi connectivity index (χ4v) is 1.71. The van der Waals surface area contributed by atoms with E-state index < -0.39 is 0 Å². The second-order valence-corrected chi connectivity index (χ2v) is 4.12. The number of pyridine rings is 1. The summed E-state index contributed by atoms with van der Waals surface area (Å²) < 4.78 is 0. The average Bonchev–Trinajstić information content (AvgIpc) is 2.26. The molecule has 0 aliphatic rings. The largest absolute Gasteiger partial charge is 0.352 e. The van der Waals surface area contributed by atoms with E-state index >= 15 is 0 Å². The smallest absolute Gasteiger partial charge is 0.253 e. The molecular formula is C13H14N2O2. The number of hydrogen-bond donors (Lipinski definition) is 2. The van der Waals surface area contributed by atoms with Crippen LogP contribution in [-0.2, 0) is 11.3 Å². The molecule has 0 atom stereocenters. The summed E-state index contributed by atoms with van der Waals surface area (Å²) in [6.07, 6.45) is 0. The van der Waals surface area contributed by atoms with Gasteiger partial charge in [0.1, 0.15) is 0 Å². The molecule has 2 N–H and O–H groups in total. The molecule has 2 aromatic rings. The molecular weight excluding hydrogens is 216 g/mol. The van der Waals surface area contributed by atoms with Crippen LogP contribution in [0.3, 0.4) is 0 Å². The predicted molar refractivity (Wildman–Crippen MR) is 66.8 cm³/mol. The molecule has 17 heavy (non-hydrogen) atoms. The van der Waals surface area contributed by atoms with Gasteiger partial charge in [0.25, 0.3) is 5.56 Å². The van der Waals surface area contributed by atoms with Crippen LogP contribution in [0.25, 0.3) is 10.9 Å². The first-order valence-electron chi connectivity index (χ1n) is 5.43. The van der Waals surface area contributed by atoms with Crippen LogP contribution in [0, 0.1) is 6.92 Å². The molecule has 1 aromatic carbocycles. The normalized spacial score (nSPS) is 10.5. The SMILES string of the molecule is CC(=O)NCc1cc2ccc(C)cc2[nH]c1=O. The zero-order chi connectivity index (χ0) is 12.4. The Morgan fingerprint density at radius 1 is 1.35 bits per heavy atom. The van der Waals surface area contributed by atoms with E-state index in [1.54, 1.807) is 0 Å². The summed E-state index contributed by atoms with van der Waals surface area (Å²) in [6, 6.07) is 7.68. The Morgan fingerprint density at radius 3 is 2.82 bits per heavy atom. The van der Waals surface area contributed by atoms with Crippen molar-refractivity contribution in [1.29, 1.82) is 0 Å². The minimum atomic E-state index is -0.156. The van der Waals surface area contributed by atoms with Crippen LogP contribution in [0.15, 0.2) is 29.1 Å². The first-order valence-corrected chi connectivity index (χ1v) is 5.43. The first-order chi connectivity index (χ1) is 8.06. The van der Waals surface area contributed by atoms with E-state index in [1.165, 1.54) is 6.92 Å². The van der Waals surface area contributed by atoms with Crippen LogP contribution in [-0.4, -0.2) is 10.9 Å². The van der Waals surface area contributed by atoms with Gasteiger partial charge in [0.05, 0.1) is 0 Å². The molecule has 1 heterocycles. The zero-order valence-corrected chi connectivity index (χ0v) is 9.83. The third kappa shape index (κ3) is 2.53. The number of carbonyl (C=O) groups excluding carboxylic acids is 1. The fraction of sp³-hybridized carbons (Fsp3) is 0.231. The summed E-state index contributed by atoms with van der Waals surface area (Å²) in [6.45, 7) is 3.66. The van der Waals surface area contributed by atoms with Crippen LogP contribution in [0.2, 0.25) is 0 Å². The monoisotopic (exact) mass is 230 g/mol. The summed E-state index contributed by atoms with van der Waals surface area (Å²) in [5, 5.41) is 3.59. The third-order valence-corrected chi connectivity index (χ3v) is 2.61. The zero-order valence-electron chi connectivity index (χ0n) is 9.83. The second-order valence-electron chi connectivity index (χ2n) is 4.12. The van der Waals surface area contributed by atoms with Gasteiger partial charge in [-0.2, -0.15) is 0 Å². The lowest BCUT2D eigenvalue weighted by Gasteiger charge is -2.04. The van der Waals surface area contributed by atoms with Gasteiger partial charge in [-0.05, 0) is 30.0 Å². The fourth-order valence-electron chi connectivity index (χ4n) is 1.71. The molecule has 0 spiro atoms. The van der Waals surface area contributed by atoms with E-state index in [9.17, 15) is 9.59 Å². The Bertz CT molecular complexity index is 629. The lowest BCUT2D eigenvalue weighted by atomic mass is 10.1. The first kappa shape index (κ1) is 11.4. The maximum atomic E-state index is 11.8. The summed E-state index contributed by atoms with van der Waals surface area (Å²) in [5.74, 6) is -0.145. The average molecular weight is 230 g/mol. The van der Waals surface area contributed by atoms with Gasteiger partial charge in [0, 0.05) is 24.5 Å². The third-order valence-electron chi connectivity index (χ3n) is 2.61. The lowest BCUT2D eigenvalue weighted by Crippen LogP contribution is -2.24. The lowest BCUT2D eigenvalue weighted by molar-refractivity contribution is -0.119. The molecule has 88 valence electrons. The number of amides is 1. The number of aryl methyl sites for hydroxylation is 1. The highest BCUT2D eigenvalue weighted by molar-refractivity contribution is 5.79. The number of aromatic amines is 1. The summed E-state index contributed by atoms with van der Waals surface area (Å²) >= 11 is 0. The highest BCUT2D eigenvalue weighted by Gasteiger charge is 2.03. The highest BCUT2D eigenvalue weighted by Crippen LogP contribution is 2.12. The molecule has 2 rings (SSSR count). The number of rotatable bonds is 2. The van der Waals surface area contributed by atoms with Gasteiger partial charge in [-0.25, -0.2) is 0 Å². The molecule has 1 aromatic heterocycles. The second kappa shape index (κ2) is 4.41. The Kier molecular flexibility index (Phi) is 2.95. The Labute approximate surface area is 98.7 Å². The van der Waals surface area contributed by atoms with Crippen LogP contribution in [0.5, 0.6) is 0 Å². The Balaban J connectivity index is 2.45. The molecule has 0 saturated carbocycles. The predicted octanol–water partition coefficient (Wildman–Crippen LogP) is 1.47. The van der Waals surface area contributed by atoms with Gasteiger partial charge in [0.2, 0.25) is 5.91 Å². The van der Waals surface area contributed by atoms with Gasteiger partial charge >= 0.3 is 0 Å². The molecule has 4 heteroatoms. The quantitative estimate of drug-likeness (QED) is 0.820. The Hall–Kier alpha value is -2.10. The highest BCUT2D eigenvalue weighted by atomic mass is 16.1. The molecule has 0 saturated heterocycles. The van der Waals surface area contributed by atoms with E-state index in [2.05, 4.69) is 10.3 Å². The molecule has 0 fully saturated rings. The van der Waals surface area contributed by atoms with Crippen LogP contribution in [0.1, 0.15) is 18.1 Å². The van der Waals surface area contributed by atoms with Crippen molar-refractivity contribution >= 4 is 16.8 Å². The van der Waals surface area contributed by atoms with Crippen molar-refractivity contribution in [3.63, 3.8) is 0 Å². The van der Waals surface area contributed by atoms with Crippen molar-refractivity contribution in [3.05, 3.63) is 45.7 Å². The van der Waals surface area contributed by atoms with Gasteiger partial charge in [0.15, 0.2) is 0 Å². The minimum absolute atomic E-state index is 0.145. The van der Waals surface area contributed by atoms with E-state index in [0.717, 1.165) is 16.5 Å². The molecule has 0 unspecified atom stereocenters. The summed E-state index contributed by atoms with van der Waals surface area (Å²) in [5.41, 5.74) is 2.33. The van der Waals surface area contributed by atoms with Crippen molar-refractivity contribution < 1.29 is 4.79 Å². The standard InChI is InChI=1S/C13H14N2O2/c1-8-3-4-10-6-11(7-14-9(2)16)13(17)15-12(10)5-8/h3-6H,7H2,1-2H3,(H,14,16)(H,15,17). The number of benzene rings is 1. The number of H-pyrrole nitrogens is 1. The number of hydrogen-bond acceptors (Lipinski definition) is 2. The molecule has 0 bridgehead atoms. The molecule has 0 radical (unpaired) electrons. The number of carbonyl (C=O) groups is 1. The Morgan fingerprint density at radius 2 is 2.12 bits per heavy atom. The topological polar surface area (TPSA) is 62.0 Å². The van der Waals surface area contributed by atoms with Crippen molar-refractivity contribution in [2.75, 3.05) is 0 Å². The van der Waals surface area contributed by atoms with Gasteiger partial charge in [-0.1, -0.05) is 12.1 Å². The molecule has 0 aliphatic carbocycles. The van der Waals surface area contributed by atoms with Crippen LogP contribution in [0.4, 0.5) is 0 Å². The molecule has 4 nitrogen and oxygen atoms in total. The summed E-state index contributed by atoms with van der Waals surface area (Å²) in [7, 11) is 0. The maximum absolute atomic E-state index is 11.8. The van der Waals surface area contributed by atoms with Crippen LogP contribution >= 0.6 is 0 Å². The van der Waals surface area contributed by atoms with E-state index in [1.807, 2.05) is 31.2 Å². The van der Waals surface area contributed by atoms with Crippen molar-refractivity contribution in [2.45, 2.75) is 20.4 Å². The van der Waals surface area contributed by atoms with Crippen molar-refractivity contribution in [1.82, 2.24) is 10.3 Å².